The molecule has 0 saturated carbocycles. The van der Waals surface area contributed by atoms with E-state index in [9.17, 15) is 24.3 Å². The number of hydrogen-bond donors (Lipinski definition) is 5. The van der Waals surface area contributed by atoms with Gasteiger partial charge in [-0.15, -0.1) is 11.3 Å². The number of nitrogens with zero attached hydrogens (tertiary/aromatic N) is 6. The zero-order valence-corrected chi connectivity index (χ0v) is 43.7. The molecule has 8 rings (SSSR count). The van der Waals surface area contributed by atoms with Gasteiger partial charge in [-0.1, -0.05) is 57.2 Å². The van der Waals surface area contributed by atoms with E-state index in [0.29, 0.717) is 85.7 Å². The number of amides is 4. The Labute approximate surface area is 439 Å². The second kappa shape index (κ2) is 24.8. The van der Waals surface area contributed by atoms with Crippen LogP contribution in [0.1, 0.15) is 75.4 Å². The van der Waals surface area contributed by atoms with E-state index in [1.165, 1.54) is 23.2 Å². The molecule has 20 heteroatoms. The summed E-state index contributed by atoms with van der Waals surface area (Å²) < 4.78 is 42.0. The molecule has 3 atom stereocenters. The number of ether oxygens (including phenoxy) is 2. The molecule has 3 fully saturated rings. The number of aromatic nitrogens is 3. The highest BCUT2D eigenvalue weighted by Crippen LogP contribution is 2.32. The number of carbonyl (C=O) groups excluding carboxylic acids is 4. The predicted molar refractivity (Wildman–Crippen MR) is 282 cm³/mol. The van der Waals surface area contributed by atoms with Crippen LogP contribution in [0.25, 0.3) is 38.2 Å². The lowest BCUT2D eigenvalue weighted by molar-refractivity contribution is -0.144. The third-order valence-corrected chi connectivity index (χ3v) is 14.9. The van der Waals surface area contributed by atoms with Crippen LogP contribution in [-0.2, 0) is 41.7 Å². The zero-order chi connectivity index (χ0) is 53.2. The number of hydrogen-bond acceptors (Lipinski definition) is 14. The van der Waals surface area contributed by atoms with Crippen LogP contribution in [0.2, 0.25) is 0 Å². The van der Waals surface area contributed by atoms with Crippen molar-refractivity contribution in [2.75, 3.05) is 59.2 Å². The molecule has 0 aliphatic carbocycles. The van der Waals surface area contributed by atoms with Crippen molar-refractivity contribution in [3.8, 4) is 21.6 Å². The number of β-amino-alcohol motifs (C(OH)–C–C–N with tert-alkyl or cyclic N) is 1. The largest absolute Gasteiger partial charge is 0.391 e. The molecule has 1 unspecified atom stereocenters. The molecule has 0 bridgehead atoms. The summed E-state index contributed by atoms with van der Waals surface area (Å²) in [5.41, 5.74) is 6.64. The predicted octanol–water partition coefficient (Wildman–Crippen LogP) is 6.02. The van der Waals surface area contributed by atoms with Crippen molar-refractivity contribution in [3.63, 3.8) is 0 Å². The Bertz CT molecular complexity index is 2860. The molecule has 5 aromatic rings. The number of aryl methyl sites for hydroxylation is 1. The summed E-state index contributed by atoms with van der Waals surface area (Å²) in [7, 11) is 0. The lowest BCUT2D eigenvalue weighted by atomic mass is 9.85. The summed E-state index contributed by atoms with van der Waals surface area (Å²) in [6.45, 7) is 11.2. The SMILES string of the molecule is Cc1ncsc1-c1ccc(CNC(=O)C2C[C@@H](O)CN2C(=O)[C@@H](NC(=O)CCOCCC(=O)N2CCC(N/C=C(\C=N)c3cnc4cccc(-c5cc(F)c(CN6CCOCC6)c(F)c5)c4n3)CC2)C(C)(C)C)cc1. The summed E-state index contributed by atoms with van der Waals surface area (Å²) in [6.07, 6.45) is 4.99. The van der Waals surface area contributed by atoms with Gasteiger partial charge in [0.2, 0.25) is 23.6 Å². The van der Waals surface area contributed by atoms with E-state index in [2.05, 4.69) is 25.9 Å². The first-order chi connectivity index (χ1) is 36.1. The highest BCUT2D eigenvalue weighted by atomic mass is 32.1. The van der Waals surface area contributed by atoms with Crippen LogP contribution in [-0.4, -0.2) is 148 Å². The summed E-state index contributed by atoms with van der Waals surface area (Å²) >= 11 is 1.56. The third kappa shape index (κ3) is 13.8. The van der Waals surface area contributed by atoms with Crippen molar-refractivity contribution < 1.29 is 42.5 Å². The van der Waals surface area contributed by atoms with Gasteiger partial charge in [0.1, 0.15) is 23.7 Å². The summed E-state index contributed by atoms with van der Waals surface area (Å²) in [5.74, 6) is -2.62. The number of allylic oxidation sites excluding steroid dienone is 1. The van der Waals surface area contributed by atoms with Gasteiger partial charge >= 0.3 is 0 Å². The fraction of sp³-hybridized carbons (Fsp3) is 0.455. The number of rotatable bonds is 19. The van der Waals surface area contributed by atoms with Crippen molar-refractivity contribution in [3.05, 3.63) is 107 Å². The third-order valence-electron chi connectivity index (χ3n) is 13.9. The van der Waals surface area contributed by atoms with E-state index >= 15 is 8.78 Å². The molecular formula is C55H66F2N10O7S. The van der Waals surface area contributed by atoms with Crippen LogP contribution in [0, 0.1) is 29.4 Å². The Morgan fingerprint density at radius 2 is 1.69 bits per heavy atom. The molecule has 17 nitrogen and oxygen atoms in total. The van der Waals surface area contributed by atoms with Crippen molar-refractivity contribution in [2.45, 2.75) is 97.1 Å². The van der Waals surface area contributed by atoms with Gasteiger partial charge in [0.15, 0.2) is 0 Å². The van der Waals surface area contributed by atoms with E-state index in [1.54, 1.807) is 52.3 Å². The first kappa shape index (κ1) is 54.7. The van der Waals surface area contributed by atoms with Gasteiger partial charge in [-0.2, -0.15) is 0 Å². The average molecular weight is 1050 g/mol. The number of fused-ring (bicyclic) bond motifs is 1. The van der Waals surface area contributed by atoms with Gasteiger partial charge in [0.25, 0.3) is 0 Å². The van der Waals surface area contributed by atoms with Crippen LogP contribution in [0.5, 0.6) is 0 Å². The Morgan fingerprint density at radius 3 is 2.37 bits per heavy atom. The van der Waals surface area contributed by atoms with E-state index < -0.39 is 47.1 Å². The van der Waals surface area contributed by atoms with Crippen LogP contribution >= 0.6 is 11.3 Å². The van der Waals surface area contributed by atoms with E-state index in [-0.39, 0.29) is 75.5 Å². The molecule has 398 valence electrons. The highest BCUT2D eigenvalue weighted by molar-refractivity contribution is 7.13. The number of likely N-dealkylation sites (tertiary alicyclic amines) is 2. The molecule has 75 heavy (non-hydrogen) atoms. The van der Waals surface area contributed by atoms with E-state index in [4.69, 9.17) is 19.9 Å². The Morgan fingerprint density at radius 1 is 0.973 bits per heavy atom. The van der Waals surface area contributed by atoms with Crippen LogP contribution in [0.3, 0.4) is 0 Å². The number of halogens is 2. The molecular weight excluding hydrogens is 983 g/mol. The summed E-state index contributed by atoms with van der Waals surface area (Å²) in [4.78, 5) is 73.8. The molecule has 2 aromatic heterocycles. The molecule has 3 aromatic carbocycles. The van der Waals surface area contributed by atoms with Crippen LogP contribution < -0.4 is 16.0 Å². The highest BCUT2D eigenvalue weighted by Gasteiger charge is 2.44. The van der Waals surface area contributed by atoms with Crippen molar-refractivity contribution in [1.29, 1.82) is 5.41 Å². The molecule has 0 radical (unpaired) electrons. The first-order valence-corrected chi connectivity index (χ1v) is 26.4. The smallest absolute Gasteiger partial charge is 0.246 e. The van der Waals surface area contributed by atoms with Crippen molar-refractivity contribution >= 4 is 57.8 Å². The van der Waals surface area contributed by atoms with Gasteiger partial charge in [-0.25, -0.2) is 18.7 Å². The Balaban J connectivity index is 0.766. The lowest BCUT2D eigenvalue weighted by Gasteiger charge is -2.35. The summed E-state index contributed by atoms with van der Waals surface area (Å²) in [6, 6.07) is 13.9. The normalized spacial score (nSPS) is 18.3. The van der Waals surface area contributed by atoms with Crippen molar-refractivity contribution in [1.82, 2.24) is 45.6 Å². The maximum absolute atomic E-state index is 15.4. The van der Waals surface area contributed by atoms with E-state index in [1.807, 2.05) is 56.9 Å². The minimum atomic E-state index is -0.984. The number of aliphatic hydroxyl groups is 1. The van der Waals surface area contributed by atoms with Gasteiger partial charge in [-0.3, -0.25) is 29.1 Å². The zero-order valence-electron chi connectivity index (χ0n) is 42.9. The van der Waals surface area contributed by atoms with Gasteiger partial charge in [0, 0.05) is 93.8 Å². The maximum atomic E-state index is 15.4. The van der Waals surface area contributed by atoms with Crippen LogP contribution in [0.4, 0.5) is 8.78 Å². The number of aliphatic hydroxyl groups excluding tert-OH is 1. The second-order valence-electron chi connectivity index (χ2n) is 20.4. The topological polar surface area (TPSA) is 215 Å². The number of piperidine rings is 1. The van der Waals surface area contributed by atoms with E-state index in [0.717, 1.165) is 21.7 Å². The minimum Gasteiger partial charge on any atom is -0.391 e. The number of nitrogens with one attached hydrogen (secondary N) is 4. The fourth-order valence-corrected chi connectivity index (χ4v) is 10.4. The lowest BCUT2D eigenvalue weighted by Crippen LogP contribution is -2.57. The Hall–Kier alpha value is -6.58. The van der Waals surface area contributed by atoms with Gasteiger partial charge in [-0.05, 0) is 60.1 Å². The first-order valence-electron chi connectivity index (χ1n) is 25.5. The Kier molecular flexibility index (Phi) is 18.1. The second-order valence-corrected chi connectivity index (χ2v) is 21.2. The fourth-order valence-electron chi connectivity index (χ4n) is 9.59. The molecule has 5 heterocycles. The number of thiazole rings is 1. The monoisotopic (exact) mass is 1050 g/mol. The molecule has 3 aliphatic heterocycles. The molecule has 3 saturated heterocycles. The molecule has 3 aliphatic rings. The molecule has 4 amide bonds. The number of carbonyl (C=O) groups is 4. The average Bonchev–Trinajstić information content (AvgIpc) is 4.03. The van der Waals surface area contributed by atoms with Crippen LogP contribution in [0.15, 0.2) is 72.5 Å². The molecule has 0 spiro atoms. The van der Waals surface area contributed by atoms with Gasteiger partial charge in [0.05, 0.1) is 78.0 Å². The van der Waals surface area contributed by atoms with Crippen molar-refractivity contribution in [2.24, 2.45) is 5.41 Å². The maximum Gasteiger partial charge on any atom is 0.246 e. The quantitative estimate of drug-likeness (QED) is 0.0475. The number of morpholine rings is 1. The molecule has 5 N–H and O–H groups in total. The standard InChI is InChI=1S/C55H66F2N10O7S/c1-34-51(75-33-62-34)36-10-8-35(9-11-36)28-61-53(71)47-26-40(68)31-67(47)54(72)52(55(2,3)4)64-48(69)14-20-73-21-15-49(70)66-16-12-39(13-17-66)59-29-38(27-58)46-30-60-45-7-5-6-41(50(45)63-46)37-24-43(56)42(44(57)25-37)32-65-18-22-74-23-19-65/h5-11,24-25,27,29-30,33,39-40,47,52,58-59,68H,12-23,26,28,31-32H2,1-4H3,(H,61,71)(H,64,69)/b38-29+,58-27?/t40-,47?,52-/m1/s1. The number of para-hydroxylation sites is 1. The number of benzene rings is 3. The van der Waals surface area contributed by atoms with Gasteiger partial charge < -0.3 is 45.7 Å². The minimum absolute atomic E-state index is 0.00728. The summed E-state index contributed by atoms with van der Waals surface area (Å²) in [5, 5.41) is 27.9.